The molecule has 3 heterocycles. The summed E-state index contributed by atoms with van der Waals surface area (Å²) in [5.41, 5.74) is 3.33. The molecule has 1 aromatic carbocycles. The molecule has 9 heteroatoms. The number of likely N-dealkylation sites (tertiary alicyclic amines) is 1. The second-order valence-electron chi connectivity index (χ2n) is 9.06. The third-order valence-electron chi connectivity index (χ3n) is 5.99. The summed E-state index contributed by atoms with van der Waals surface area (Å²) < 4.78 is 5.32. The van der Waals surface area contributed by atoms with Gasteiger partial charge in [-0.05, 0) is 51.0 Å². The zero-order valence-electron chi connectivity index (χ0n) is 20.3. The van der Waals surface area contributed by atoms with Crippen molar-refractivity contribution in [3.05, 3.63) is 42.0 Å². The highest BCUT2D eigenvalue weighted by atomic mass is 32.1. The molecule has 0 saturated carbocycles. The molecule has 0 spiro atoms. The zero-order chi connectivity index (χ0) is 24.4. The molecule has 0 N–H and O–H groups in total. The molecule has 2 amide bonds. The highest BCUT2D eigenvalue weighted by Crippen LogP contribution is 2.32. The number of ether oxygens (including phenoxy) is 1. The van der Waals surface area contributed by atoms with Gasteiger partial charge in [0.05, 0.1) is 11.8 Å². The normalized spacial score (nSPS) is 14.5. The average molecular weight is 482 g/mol. The molecular formula is C25H31N5O3S. The van der Waals surface area contributed by atoms with E-state index in [1.807, 2.05) is 50.2 Å². The Labute approximate surface area is 204 Å². The van der Waals surface area contributed by atoms with E-state index in [-0.39, 0.29) is 18.1 Å². The Hall–Kier alpha value is -3.20. The topological polar surface area (TPSA) is 78.9 Å². The number of piperidine rings is 1. The van der Waals surface area contributed by atoms with Crippen LogP contribution in [0.25, 0.3) is 21.6 Å². The van der Waals surface area contributed by atoms with E-state index in [1.165, 1.54) is 0 Å². The molecule has 3 aromatic rings. The van der Waals surface area contributed by atoms with Gasteiger partial charge in [0.25, 0.3) is 5.91 Å². The van der Waals surface area contributed by atoms with Crippen LogP contribution < -0.4 is 4.90 Å². The maximum Gasteiger partial charge on any atom is 0.410 e. The molecule has 34 heavy (non-hydrogen) atoms. The number of benzene rings is 1. The highest BCUT2D eigenvalue weighted by Gasteiger charge is 2.28. The zero-order valence-corrected chi connectivity index (χ0v) is 21.1. The number of anilines is 1. The first-order chi connectivity index (χ1) is 16.2. The van der Waals surface area contributed by atoms with E-state index in [0.29, 0.717) is 24.7 Å². The summed E-state index contributed by atoms with van der Waals surface area (Å²) in [5, 5.41) is 0.926. The second kappa shape index (κ2) is 9.97. The van der Waals surface area contributed by atoms with Gasteiger partial charge in [-0.1, -0.05) is 23.5 Å². The summed E-state index contributed by atoms with van der Waals surface area (Å²) in [5.74, 6) is -0.0206. The molecule has 1 aliphatic heterocycles. The molecule has 4 rings (SSSR count). The first-order valence-corrected chi connectivity index (χ1v) is 12.3. The first-order valence-electron chi connectivity index (χ1n) is 11.5. The van der Waals surface area contributed by atoms with Crippen molar-refractivity contribution in [1.82, 2.24) is 19.8 Å². The van der Waals surface area contributed by atoms with Gasteiger partial charge in [-0.25, -0.2) is 14.8 Å². The smallest absolute Gasteiger partial charge is 0.410 e. The van der Waals surface area contributed by atoms with Gasteiger partial charge in [-0.3, -0.25) is 4.79 Å². The molecule has 0 radical (unpaired) electrons. The third-order valence-corrected chi connectivity index (χ3v) is 7.04. The van der Waals surface area contributed by atoms with E-state index in [2.05, 4.69) is 11.9 Å². The van der Waals surface area contributed by atoms with Crippen molar-refractivity contribution >= 4 is 38.8 Å². The quantitative estimate of drug-likeness (QED) is 0.534. The van der Waals surface area contributed by atoms with Gasteiger partial charge in [0.15, 0.2) is 5.13 Å². The molecule has 1 fully saturated rings. The van der Waals surface area contributed by atoms with E-state index >= 15 is 0 Å². The number of hydrogen-bond donors (Lipinski definition) is 0. The number of nitrogens with zero attached hydrogens (tertiary/aromatic N) is 5. The Morgan fingerprint density at radius 1 is 1.03 bits per heavy atom. The van der Waals surface area contributed by atoms with Crippen LogP contribution in [0.3, 0.4) is 0 Å². The highest BCUT2D eigenvalue weighted by molar-refractivity contribution is 7.21. The molecule has 0 bridgehead atoms. The van der Waals surface area contributed by atoms with E-state index in [9.17, 15) is 9.59 Å². The fourth-order valence-corrected chi connectivity index (χ4v) is 5.00. The van der Waals surface area contributed by atoms with Crippen molar-refractivity contribution in [2.24, 2.45) is 0 Å². The summed E-state index contributed by atoms with van der Waals surface area (Å²) >= 11 is 1.57. The molecule has 0 aliphatic carbocycles. The Balaban J connectivity index is 1.45. The minimum atomic E-state index is -0.230. The fraction of sp³-hybridized carbons (Fsp3) is 0.440. The van der Waals surface area contributed by atoms with Crippen LogP contribution in [0, 0.1) is 0 Å². The largest absolute Gasteiger partial charge is 0.447 e. The van der Waals surface area contributed by atoms with Crippen LogP contribution in [-0.4, -0.2) is 78.1 Å². The number of carbonyl (C=O) groups is 2. The second-order valence-corrected chi connectivity index (χ2v) is 10.0. The number of pyridine rings is 1. The number of hydrogen-bond acceptors (Lipinski definition) is 7. The van der Waals surface area contributed by atoms with Crippen LogP contribution in [0.2, 0.25) is 0 Å². The number of amides is 2. The maximum atomic E-state index is 12.2. The van der Waals surface area contributed by atoms with E-state index in [1.54, 1.807) is 35.2 Å². The molecule has 180 valence electrons. The minimum absolute atomic E-state index is 0.0206. The van der Waals surface area contributed by atoms with Crippen molar-refractivity contribution in [3.63, 3.8) is 0 Å². The van der Waals surface area contributed by atoms with Crippen LogP contribution in [0.1, 0.15) is 37.0 Å². The molecule has 0 unspecified atom stereocenters. The Morgan fingerprint density at radius 3 is 2.32 bits per heavy atom. The first kappa shape index (κ1) is 23.9. The van der Waals surface area contributed by atoms with Crippen molar-refractivity contribution in [2.75, 3.05) is 39.1 Å². The maximum absolute atomic E-state index is 12.2. The Morgan fingerprint density at radius 2 is 1.71 bits per heavy atom. The molecule has 0 atom stereocenters. The average Bonchev–Trinajstić information content (AvgIpc) is 3.26. The fourth-order valence-electron chi connectivity index (χ4n) is 4.03. The SMILES string of the molecule is CC(C)OC(=O)N1CCC(N(C)c2nc3ccc(-c4ccc(C(=O)N(C)C)cc4)nc3s2)CC1. The van der Waals surface area contributed by atoms with E-state index in [0.717, 1.165) is 39.6 Å². The Bertz CT molecular complexity index is 1170. The lowest BCUT2D eigenvalue weighted by Gasteiger charge is -2.36. The summed E-state index contributed by atoms with van der Waals surface area (Å²) in [7, 11) is 5.55. The molecule has 1 saturated heterocycles. The number of carbonyl (C=O) groups excluding carboxylic acids is 2. The predicted octanol–water partition coefficient (Wildman–Crippen LogP) is 4.51. The summed E-state index contributed by atoms with van der Waals surface area (Å²) in [6, 6.07) is 11.8. The predicted molar refractivity (Wildman–Crippen MR) is 135 cm³/mol. The van der Waals surface area contributed by atoms with Gasteiger partial charge in [-0.2, -0.15) is 0 Å². The van der Waals surface area contributed by atoms with Crippen LogP contribution in [-0.2, 0) is 4.74 Å². The molecular weight excluding hydrogens is 450 g/mol. The Kier molecular flexibility index (Phi) is 7.02. The van der Waals surface area contributed by atoms with Crippen molar-refractivity contribution in [1.29, 1.82) is 0 Å². The number of rotatable bonds is 5. The van der Waals surface area contributed by atoms with Crippen LogP contribution in [0.4, 0.5) is 9.93 Å². The van der Waals surface area contributed by atoms with Gasteiger partial charge in [0.1, 0.15) is 10.3 Å². The van der Waals surface area contributed by atoms with E-state index in [4.69, 9.17) is 14.7 Å². The summed E-state index contributed by atoms with van der Waals surface area (Å²) in [6.07, 6.45) is 1.41. The third kappa shape index (κ3) is 5.14. The van der Waals surface area contributed by atoms with Crippen LogP contribution >= 0.6 is 11.3 Å². The standard InChI is InChI=1S/C25H31N5O3S/c1-16(2)33-25(32)30-14-12-19(13-15-30)29(5)24-27-21-11-10-20(26-22(21)34-24)17-6-8-18(9-7-17)23(31)28(3)4/h6-11,16,19H,12-15H2,1-5H3. The van der Waals surface area contributed by atoms with Gasteiger partial charge in [-0.15, -0.1) is 0 Å². The summed E-state index contributed by atoms with van der Waals surface area (Å²) in [6.45, 7) is 5.10. The molecule has 8 nitrogen and oxygen atoms in total. The van der Waals surface area contributed by atoms with Crippen LogP contribution in [0.15, 0.2) is 36.4 Å². The van der Waals surface area contributed by atoms with Crippen molar-refractivity contribution in [3.8, 4) is 11.3 Å². The van der Waals surface area contributed by atoms with Gasteiger partial charge in [0, 0.05) is 51.4 Å². The van der Waals surface area contributed by atoms with Crippen molar-refractivity contribution < 1.29 is 14.3 Å². The lowest BCUT2D eigenvalue weighted by molar-refractivity contribution is 0.0692. The van der Waals surface area contributed by atoms with Crippen molar-refractivity contribution in [2.45, 2.75) is 38.8 Å². The van der Waals surface area contributed by atoms with Gasteiger partial charge in [0.2, 0.25) is 0 Å². The lowest BCUT2D eigenvalue weighted by atomic mass is 10.0. The number of thiazole rings is 1. The number of aromatic nitrogens is 2. The lowest BCUT2D eigenvalue weighted by Crippen LogP contribution is -2.46. The number of fused-ring (bicyclic) bond motifs is 1. The molecule has 1 aliphatic rings. The molecule has 2 aromatic heterocycles. The van der Waals surface area contributed by atoms with Crippen LogP contribution in [0.5, 0.6) is 0 Å². The van der Waals surface area contributed by atoms with Gasteiger partial charge >= 0.3 is 6.09 Å². The monoisotopic (exact) mass is 481 g/mol. The minimum Gasteiger partial charge on any atom is -0.447 e. The summed E-state index contributed by atoms with van der Waals surface area (Å²) in [4.78, 5) is 40.4. The van der Waals surface area contributed by atoms with Gasteiger partial charge < -0.3 is 19.4 Å². The van der Waals surface area contributed by atoms with E-state index < -0.39 is 0 Å².